The van der Waals surface area contributed by atoms with Crippen molar-refractivity contribution >= 4 is 29.4 Å². The molecule has 2 aromatic carbocycles. The molecule has 3 amide bonds. The maximum absolute atomic E-state index is 13.7. The highest BCUT2D eigenvalue weighted by Crippen LogP contribution is 2.37. The Bertz CT molecular complexity index is 1200. The zero-order valence-corrected chi connectivity index (χ0v) is 20.5. The average molecular weight is 477 g/mol. The maximum atomic E-state index is 13.7. The smallest absolute Gasteiger partial charge is 0.332 e. The van der Waals surface area contributed by atoms with Crippen LogP contribution in [0.3, 0.4) is 0 Å². The molecule has 5 rings (SSSR count). The Hall–Kier alpha value is -3.13. The summed E-state index contributed by atoms with van der Waals surface area (Å²) in [6.07, 6.45) is 5.61. The molecule has 3 aromatic rings. The maximum Gasteiger partial charge on any atom is 0.332 e. The van der Waals surface area contributed by atoms with E-state index in [9.17, 15) is 9.59 Å². The molecule has 2 unspecified atom stereocenters. The van der Waals surface area contributed by atoms with Crippen LogP contribution < -0.4 is 4.90 Å². The summed E-state index contributed by atoms with van der Waals surface area (Å²) in [5.41, 5.74) is 3.52. The molecule has 7 nitrogen and oxygen atoms in total. The fourth-order valence-corrected chi connectivity index (χ4v) is 5.54. The lowest BCUT2D eigenvalue weighted by Crippen LogP contribution is -2.62. The molecule has 0 bridgehead atoms. The molecular weight excluding hydrogens is 448 g/mol. The Balaban J connectivity index is 1.45. The van der Waals surface area contributed by atoms with Crippen LogP contribution in [-0.4, -0.2) is 39.3 Å². The lowest BCUT2D eigenvalue weighted by atomic mass is 9.81. The number of rotatable bonds is 5. The van der Waals surface area contributed by atoms with Crippen molar-refractivity contribution in [3.05, 3.63) is 59.5 Å². The van der Waals surface area contributed by atoms with Gasteiger partial charge in [0.1, 0.15) is 6.54 Å². The van der Waals surface area contributed by atoms with Gasteiger partial charge < -0.3 is 9.42 Å². The standard InChI is InChI=1S/C26H28N4O3S/c1-16-12-17(2)14-19(13-16)30-25(31)21-6-4-5-7-22(21)29(26(30)32)15-23-27-24(28-33-23)18-8-10-20(34-3)11-9-18/h8-14,21-22H,4-7,15H2,1-3H3. The van der Waals surface area contributed by atoms with E-state index in [1.165, 1.54) is 4.90 Å². The third kappa shape index (κ3) is 4.22. The molecule has 2 aliphatic rings. The topological polar surface area (TPSA) is 79.5 Å². The van der Waals surface area contributed by atoms with E-state index in [-0.39, 0.29) is 30.4 Å². The quantitative estimate of drug-likeness (QED) is 0.446. The number of aryl methyl sites for hydroxylation is 2. The lowest BCUT2D eigenvalue weighted by Gasteiger charge is -2.46. The molecular formula is C26H28N4O3S. The summed E-state index contributed by atoms with van der Waals surface area (Å²) < 4.78 is 5.55. The zero-order valence-electron chi connectivity index (χ0n) is 19.7. The number of amides is 3. The van der Waals surface area contributed by atoms with Crippen molar-refractivity contribution in [1.29, 1.82) is 0 Å². The number of nitrogens with zero attached hydrogens (tertiary/aromatic N) is 4. The molecule has 2 heterocycles. The van der Waals surface area contributed by atoms with Gasteiger partial charge in [-0.15, -0.1) is 11.8 Å². The number of fused-ring (bicyclic) bond motifs is 1. The van der Waals surface area contributed by atoms with Crippen LogP contribution in [0.4, 0.5) is 10.5 Å². The molecule has 2 fully saturated rings. The second-order valence-electron chi connectivity index (χ2n) is 9.13. The Labute approximate surface area is 203 Å². The van der Waals surface area contributed by atoms with Gasteiger partial charge in [0, 0.05) is 16.5 Å². The predicted octanol–water partition coefficient (Wildman–Crippen LogP) is 5.60. The molecule has 1 saturated carbocycles. The summed E-state index contributed by atoms with van der Waals surface area (Å²) in [5.74, 6) is 0.552. The first-order valence-corrected chi connectivity index (χ1v) is 12.9. The molecule has 0 N–H and O–H groups in total. The Kier molecular flexibility index (Phi) is 6.16. The van der Waals surface area contributed by atoms with Crippen LogP contribution in [0.5, 0.6) is 0 Å². The first-order chi connectivity index (χ1) is 16.4. The lowest BCUT2D eigenvalue weighted by molar-refractivity contribution is -0.127. The van der Waals surface area contributed by atoms with E-state index >= 15 is 0 Å². The third-order valence-electron chi connectivity index (χ3n) is 6.69. The fourth-order valence-electron chi connectivity index (χ4n) is 5.13. The number of aromatic nitrogens is 2. The Morgan fingerprint density at radius 1 is 1.03 bits per heavy atom. The van der Waals surface area contributed by atoms with Crippen molar-refractivity contribution in [2.24, 2.45) is 5.92 Å². The van der Waals surface area contributed by atoms with Gasteiger partial charge in [-0.3, -0.25) is 4.79 Å². The highest BCUT2D eigenvalue weighted by atomic mass is 32.2. The SMILES string of the molecule is CSc1ccc(-c2noc(CN3C(=O)N(c4cc(C)cc(C)c4)C(=O)C4CCCCC43)n2)cc1. The van der Waals surface area contributed by atoms with E-state index in [0.29, 0.717) is 17.4 Å². The minimum Gasteiger partial charge on any atom is -0.337 e. The summed E-state index contributed by atoms with van der Waals surface area (Å²) in [7, 11) is 0. The van der Waals surface area contributed by atoms with Gasteiger partial charge in [-0.25, -0.2) is 9.69 Å². The Morgan fingerprint density at radius 3 is 2.44 bits per heavy atom. The van der Waals surface area contributed by atoms with Gasteiger partial charge in [-0.2, -0.15) is 4.98 Å². The molecule has 8 heteroatoms. The van der Waals surface area contributed by atoms with Gasteiger partial charge in [0.2, 0.25) is 17.6 Å². The number of hydrogen-bond donors (Lipinski definition) is 0. The van der Waals surface area contributed by atoms with E-state index in [4.69, 9.17) is 4.52 Å². The second-order valence-corrected chi connectivity index (χ2v) is 10.0. The number of thioether (sulfide) groups is 1. The third-order valence-corrected chi connectivity index (χ3v) is 7.43. The van der Waals surface area contributed by atoms with Gasteiger partial charge in [0.25, 0.3) is 0 Å². The van der Waals surface area contributed by atoms with Crippen LogP contribution in [0.15, 0.2) is 51.9 Å². The molecule has 1 aromatic heterocycles. The largest absolute Gasteiger partial charge is 0.337 e. The van der Waals surface area contributed by atoms with Crippen LogP contribution in [0, 0.1) is 19.8 Å². The summed E-state index contributed by atoms with van der Waals surface area (Å²) >= 11 is 1.67. The van der Waals surface area contributed by atoms with E-state index in [1.54, 1.807) is 16.7 Å². The van der Waals surface area contributed by atoms with Crippen molar-refractivity contribution < 1.29 is 14.1 Å². The molecule has 1 saturated heterocycles. The number of urea groups is 1. The van der Waals surface area contributed by atoms with Gasteiger partial charge in [-0.1, -0.05) is 24.1 Å². The molecule has 176 valence electrons. The summed E-state index contributed by atoms with van der Waals surface area (Å²) in [4.78, 5) is 36.0. The van der Waals surface area contributed by atoms with Crippen LogP contribution in [0.1, 0.15) is 42.7 Å². The molecule has 0 radical (unpaired) electrons. The number of carbonyl (C=O) groups excluding carboxylic acids is 2. The molecule has 0 spiro atoms. The van der Waals surface area contributed by atoms with Crippen molar-refractivity contribution in [1.82, 2.24) is 15.0 Å². The fraction of sp³-hybridized carbons (Fsp3) is 0.385. The van der Waals surface area contributed by atoms with Crippen molar-refractivity contribution in [3.63, 3.8) is 0 Å². The second kappa shape index (κ2) is 9.25. The molecule has 2 atom stereocenters. The van der Waals surface area contributed by atoms with Crippen molar-refractivity contribution in [2.75, 3.05) is 11.2 Å². The summed E-state index contributed by atoms with van der Waals surface area (Å²) in [5, 5.41) is 4.14. The van der Waals surface area contributed by atoms with E-state index in [1.807, 2.05) is 62.6 Å². The average Bonchev–Trinajstić information content (AvgIpc) is 3.30. The van der Waals surface area contributed by atoms with E-state index < -0.39 is 0 Å². The van der Waals surface area contributed by atoms with Crippen molar-refractivity contribution in [3.8, 4) is 11.4 Å². The molecule has 1 aliphatic heterocycles. The first kappa shape index (κ1) is 22.7. The van der Waals surface area contributed by atoms with Crippen LogP contribution >= 0.6 is 11.8 Å². The monoisotopic (exact) mass is 476 g/mol. The minimum absolute atomic E-state index is 0.101. The zero-order chi connectivity index (χ0) is 23.8. The highest BCUT2D eigenvalue weighted by molar-refractivity contribution is 7.98. The van der Waals surface area contributed by atoms with Crippen LogP contribution in [0.25, 0.3) is 11.4 Å². The van der Waals surface area contributed by atoms with E-state index in [0.717, 1.165) is 47.3 Å². The number of imide groups is 1. The Morgan fingerprint density at radius 2 is 1.74 bits per heavy atom. The first-order valence-electron chi connectivity index (χ1n) is 11.6. The number of hydrogen-bond acceptors (Lipinski definition) is 6. The number of carbonyl (C=O) groups is 2. The summed E-state index contributed by atoms with van der Waals surface area (Å²) in [6, 6.07) is 13.3. The van der Waals surface area contributed by atoms with Crippen LogP contribution in [0.2, 0.25) is 0 Å². The normalized spacial score (nSPS) is 20.6. The highest BCUT2D eigenvalue weighted by Gasteiger charge is 2.48. The number of benzene rings is 2. The minimum atomic E-state index is -0.317. The van der Waals surface area contributed by atoms with Crippen molar-refractivity contribution in [2.45, 2.75) is 57.0 Å². The van der Waals surface area contributed by atoms with Gasteiger partial charge in [-0.05, 0) is 80.5 Å². The van der Waals surface area contributed by atoms with Gasteiger partial charge >= 0.3 is 6.03 Å². The molecule has 34 heavy (non-hydrogen) atoms. The number of anilines is 1. The van der Waals surface area contributed by atoms with Gasteiger partial charge in [0.15, 0.2) is 0 Å². The van der Waals surface area contributed by atoms with Gasteiger partial charge in [0.05, 0.1) is 11.6 Å². The summed E-state index contributed by atoms with van der Waals surface area (Å²) in [6.45, 7) is 4.13. The van der Waals surface area contributed by atoms with Crippen LogP contribution in [-0.2, 0) is 11.3 Å². The predicted molar refractivity (Wildman–Crippen MR) is 132 cm³/mol. The molecule has 1 aliphatic carbocycles. The van der Waals surface area contributed by atoms with E-state index in [2.05, 4.69) is 10.1 Å².